The van der Waals surface area contributed by atoms with Gasteiger partial charge < -0.3 is 15.7 Å². The molecule has 0 radical (unpaired) electrons. The van der Waals surface area contributed by atoms with Crippen LogP contribution in [-0.4, -0.2) is 42.3 Å². The van der Waals surface area contributed by atoms with Gasteiger partial charge in [-0.3, -0.25) is 4.90 Å². The second-order valence-electron chi connectivity index (χ2n) is 6.50. The molecule has 5 heteroatoms. The summed E-state index contributed by atoms with van der Waals surface area (Å²) in [6, 6.07) is 8.27. The quantitative estimate of drug-likeness (QED) is 0.721. The number of hydrogen-bond acceptors (Lipinski definition) is 3. The Bertz CT molecular complexity index is 470. The van der Waals surface area contributed by atoms with E-state index in [1.54, 1.807) is 0 Å². The van der Waals surface area contributed by atoms with Crippen molar-refractivity contribution in [1.82, 2.24) is 15.5 Å². The fourth-order valence-corrected chi connectivity index (χ4v) is 2.71. The molecule has 128 valence electrons. The molecule has 1 unspecified atom stereocenters. The van der Waals surface area contributed by atoms with Gasteiger partial charge in [-0.25, -0.2) is 4.79 Å². The minimum atomic E-state index is -0.192. The molecule has 0 saturated carbocycles. The highest BCUT2D eigenvalue weighted by atomic mass is 16.3. The Morgan fingerprint density at radius 1 is 1.13 bits per heavy atom. The standard InChI is InChI=1S/C18H29N3O2/c1-15(14-22)11-19-18(23)20-12-16-5-7-17(8-6-16)13-21-9-3-2-4-10-21/h5-8,15,22H,2-4,9-14H2,1H3,(H2,19,20,23). The number of urea groups is 1. The average molecular weight is 319 g/mol. The summed E-state index contributed by atoms with van der Waals surface area (Å²) in [7, 11) is 0. The Morgan fingerprint density at radius 3 is 2.43 bits per heavy atom. The molecule has 1 fully saturated rings. The van der Waals surface area contributed by atoms with Crippen LogP contribution in [0, 0.1) is 5.92 Å². The number of aliphatic hydroxyl groups excluding tert-OH is 1. The lowest BCUT2D eigenvalue weighted by molar-refractivity contribution is 0.221. The van der Waals surface area contributed by atoms with Gasteiger partial charge in [0.05, 0.1) is 0 Å². The highest BCUT2D eigenvalue weighted by Crippen LogP contribution is 2.13. The summed E-state index contributed by atoms with van der Waals surface area (Å²) in [5.41, 5.74) is 2.43. The van der Waals surface area contributed by atoms with Crippen molar-refractivity contribution in [3.05, 3.63) is 35.4 Å². The Hall–Kier alpha value is -1.59. The van der Waals surface area contributed by atoms with Crippen molar-refractivity contribution in [2.75, 3.05) is 26.2 Å². The first-order valence-electron chi connectivity index (χ1n) is 8.60. The lowest BCUT2D eigenvalue weighted by atomic mass is 10.1. The van der Waals surface area contributed by atoms with Gasteiger partial charge in [0.1, 0.15) is 0 Å². The molecule has 0 aliphatic carbocycles. The van der Waals surface area contributed by atoms with Gasteiger partial charge in [-0.2, -0.15) is 0 Å². The highest BCUT2D eigenvalue weighted by molar-refractivity contribution is 5.73. The number of nitrogens with one attached hydrogen (secondary N) is 2. The molecule has 2 amide bonds. The van der Waals surface area contributed by atoms with Crippen LogP contribution in [0.4, 0.5) is 4.79 Å². The third-order valence-corrected chi connectivity index (χ3v) is 4.25. The molecule has 1 aliphatic heterocycles. The lowest BCUT2D eigenvalue weighted by Crippen LogP contribution is -2.38. The first kappa shape index (κ1) is 17.8. The molecule has 1 aliphatic rings. The molecule has 23 heavy (non-hydrogen) atoms. The minimum Gasteiger partial charge on any atom is -0.396 e. The van der Waals surface area contributed by atoms with Crippen molar-refractivity contribution in [1.29, 1.82) is 0 Å². The second-order valence-corrected chi connectivity index (χ2v) is 6.50. The maximum absolute atomic E-state index is 11.7. The Labute approximate surface area is 139 Å². The van der Waals surface area contributed by atoms with E-state index in [-0.39, 0.29) is 18.6 Å². The van der Waals surface area contributed by atoms with E-state index in [0.717, 1.165) is 12.1 Å². The number of nitrogens with zero attached hydrogens (tertiary/aromatic N) is 1. The third-order valence-electron chi connectivity index (χ3n) is 4.25. The summed E-state index contributed by atoms with van der Waals surface area (Å²) in [5, 5.41) is 14.5. The lowest BCUT2D eigenvalue weighted by Gasteiger charge is -2.26. The van der Waals surface area contributed by atoms with Crippen molar-refractivity contribution in [3.8, 4) is 0 Å². The summed E-state index contributed by atoms with van der Waals surface area (Å²) in [6.45, 7) is 6.40. The number of carbonyl (C=O) groups is 1. The van der Waals surface area contributed by atoms with Crippen LogP contribution >= 0.6 is 0 Å². The summed E-state index contributed by atoms with van der Waals surface area (Å²) in [5.74, 6) is 0.0785. The largest absolute Gasteiger partial charge is 0.396 e. The van der Waals surface area contributed by atoms with Crippen molar-refractivity contribution in [2.45, 2.75) is 39.3 Å². The number of amides is 2. The normalized spacial score (nSPS) is 16.8. The molecule has 3 N–H and O–H groups in total. The third kappa shape index (κ3) is 6.59. The minimum absolute atomic E-state index is 0.0785. The first-order chi connectivity index (χ1) is 11.2. The predicted molar refractivity (Wildman–Crippen MR) is 92.1 cm³/mol. The number of rotatable bonds is 7. The van der Waals surface area contributed by atoms with E-state index < -0.39 is 0 Å². The SMILES string of the molecule is CC(CO)CNC(=O)NCc1ccc(CN2CCCCC2)cc1. The maximum atomic E-state index is 11.7. The molecule has 0 spiro atoms. The Balaban J connectivity index is 1.70. The van der Waals surface area contributed by atoms with E-state index in [2.05, 4.69) is 39.8 Å². The van der Waals surface area contributed by atoms with Gasteiger partial charge in [-0.05, 0) is 43.0 Å². The predicted octanol–water partition coefficient (Wildman–Crippen LogP) is 2.10. The summed E-state index contributed by atoms with van der Waals surface area (Å²) in [6.07, 6.45) is 3.98. The molecule has 0 aromatic heterocycles. The summed E-state index contributed by atoms with van der Waals surface area (Å²) < 4.78 is 0. The maximum Gasteiger partial charge on any atom is 0.315 e. The zero-order chi connectivity index (χ0) is 16.5. The van der Waals surface area contributed by atoms with Crippen LogP contribution in [0.3, 0.4) is 0 Å². The van der Waals surface area contributed by atoms with Gasteiger partial charge in [-0.1, -0.05) is 37.6 Å². The van der Waals surface area contributed by atoms with E-state index in [0.29, 0.717) is 13.1 Å². The number of aliphatic hydroxyl groups is 1. The second kappa shape index (κ2) is 9.53. The Kier molecular flexibility index (Phi) is 7.36. The first-order valence-corrected chi connectivity index (χ1v) is 8.60. The number of benzene rings is 1. The summed E-state index contributed by atoms with van der Waals surface area (Å²) in [4.78, 5) is 14.2. The van der Waals surface area contributed by atoms with Gasteiger partial charge in [-0.15, -0.1) is 0 Å². The zero-order valence-corrected chi connectivity index (χ0v) is 14.1. The molecule has 2 rings (SSSR count). The molecule has 1 aromatic rings. The van der Waals surface area contributed by atoms with Crippen molar-refractivity contribution < 1.29 is 9.90 Å². The molecule has 0 bridgehead atoms. The van der Waals surface area contributed by atoms with E-state index in [4.69, 9.17) is 5.11 Å². The monoisotopic (exact) mass is 319 g/mol. The number of carbonyl (C=O) groups excluding carboxylic acids is 1. The van der Waals surface area contributed by atoms with Crippen LogP contribution in [-0.2, 0) is 13.1 Å². The Morgan fingerprint density at radius 2 is 1.78 bits per heavy atom. The molecular weight excluding hydrogens is 290 g/mol. The van der Waals surface area contributed by atoms with Crippen molar-refractivity contribution >= 4 is 6.03 Å². The molecule has 1 aromatic carbocycles. The van der Waals surface area contributed by atoms with Crippen molar-refractivity contribution in [3.63, 3.8) is 0 Å². The molecule has 1 atom stereocenters. The topological polar surface area (TPSA) is 64.6 Å². The number of hydrogen-bond donors (Lipinski definition) is 3. The molecular formula is C18H29N3O2. The fourth-order valence-electron chi connectivity index (χ4n) is 2.71. The van der Waals surface area contributed by atoms with Crippen LogP contribution in [0.15, 0.2) is 24.3 Å². The van der Waals surface area contributed by atoms with Gasteiger partial charge in [0.15, 0.2) is 0 Å². The highest BCUT2D eigenvalue weighted by Gasteiger charge is 2.10. The summed E-state index contributed by atoms with van der Waals surface area (Å²) >= 11 is 0. The van der Waals surface area contributed by atoms with E-state index in [9.17, 15) is 4.79 Å². The number of likely N-dealkylation sites (tertiary alicyclic amines) is 1. The van der Waals surface area contributed by atoms with E-state index >= 15 is 0 Å². The van der Waals surface area contributed by atoms with Crippen LogP contribution in [0.2, 0.25) is 0 Å². The molecule has 1 heterocycles. The van der Waals surface area contributed by atoms with Crippen LogP contribution in [0.5, 0.6) is 0 Å². The van der Waals surface area contributed by atoms with E-state index in [1.807, 2.05) is 6.92 Å². The smallest absolute Gasteiger partial charge is 0.315 e. The van der Waals surface area contributed by atoms with Gasteiger partial charge in [0, 0.05) is 26.2 Å². The van der Waals surface area contributed by atoms with Gasteiger partial charge >= 0.3 is 6.03 Å². The number of piperidine rings is 1. The molecule has 5 nitrogen and oxygen atoms in total. The van der Waals surface area contributed by atoms with Gasteiger partial charge in [0.25, 0.3) is 0 Å². The van der Waals surface area contributed by atoms with Crippen LogP contribution in [0.1, 0.15) is 37.3 Å². The van der Waals surface area contributed by atoms with Gasteiger partial charge in [0.2, 0.25) is 0 Å². The zero-order valence-electron chi connectivity index (χ0n) is 14.1. The average Bonchev–Trinajstić information content (AvgIpc) is 2.60. The van der Waals surface area contributed by atoms with Crippen LogP contribution in [0.25, 0.3) is 0 Å². The van der Waals surface area contributed by atoms with Crippen molar-refractivity contribution in [2.24, 2.45) is 5.92 Å². The van der Waals surface area contributed by atoms with Crippen LogP contribution < -0.4 is 10.6 Å². The molecule has 1 saturated heterocycles. The van der Waals surface area contributed by atoms with E-state index in [1.165, 1.54) is 37.9 Å². The fraction of sp³-hybridized carbons (Fsp3) is 0.611.